The van der Waals surface area contributed by atoms with Gasteiger partial charge < -0.3 is 5.73 Å². The van der Waals surface area contributed by atoms with Crippen LogP contribution in [-0.2, 0) is 0 Å². The molecule has 0 bridgehead atoms. The van der Waals surface area contributed by atoms with Crippen LogP contribution in [0.2, 0.25) is 0 Å². The lowest BCUT2D eigenvalue weighted by atomic mass is 9.70. The topological polar surface area (TPSA) is 26.0 Å². The van der Waals surface area contributed by atoms with Gasteiger partial charge in [0, 0.05) is 18.4 Å². The minimum atomic E-state index is -2.47. The zero-order valence-corrected chi connectivity index (χ0v) is 8.57. The Balaban J connectivity index is 1.70. The Morgan fingerprint density at radius 3 is 2.21 bits per heavy atom. The van der Waals surface area contributed by atoms with Crippen LogP contribution in [0.3, 0.4) is 0 Å². The lowest BCUT2D eigenvalue weighted by molar-refractivity contribution is -0.125. The lowest BCUT2D eigenvalue weighted by Gasteiger charge is -2.45. The highest BCUT2D eigenvalue weighted by Crippen LogP contribution is 2.47. The van der Waals surface area contributed by atoms with Gasteiger partial charge in [0.15, 0.2) is 0 Å². The van der Waals surface area contributed by atoms with Crippen molar-refractivity contribution in [3.63, 3.8) is 0 Å². The Kier molecular flexibility index (Phi) is 2.54. The molecule has 0 aliphatic heterocycles. The molecule has 0 heterocycles. The van der Waals surface area contributed by atoms with Crippen molar-refractivity contribution in [3.8, 4) is 0 Å². The van der Waals surface area contributed by atoms with Crippen molar-refractivity contribution in [1.29, 1.82) is 0 Å². The van der Waals surface area contributed by atoms with Crippen LogP contribution >= 0.6 is 0 Å². The van der Waals surface area contributed by atoms with Crippen molar-refractivity contribution >= 4 is 0 Å². The fourth-order valence-electron chi connectivity index (χ4n) is 2.95. The van der Waals surface area contributed by atoms with Gasteiger partial charge in [-0.15, -0.1) is 0 Å². The molecule has 0 atom stereocenters. The molecule has 2 fully saturated rings. The van der Waals surface area contributed by atoms with Crippen LogP contribution in [0.25, 0.3) is 0 Å². The minimum absolute atomic E-state index is 0.0906. The van der Waals surface area contributed by atoms with Crippen molar-refractivity contribution in [3.05, 3.63) is 0 Å². The predicted octanol–water partition coefficient (Wildman–Crippen LogP) is 3.08. The zero-order valence-electron chi connectivity index (χ0n) is 8.57. The van der Waals surface area contributed by atoms with E-state index in [1.165, 1.54) is 25.7 Å². The Morgan fingerprint density at radius 1 is 1.14 bits per heavy atom. The van der Waals surface area contributed by atoms with Crippen molar-refractivity contribution in [1.82, 2.24) is 0 Å². The van der Waals surface area contributed by atoms with Gasteiger partial charge in [-0.2, -0.15) is 0 Å². The Morgan fingerprint density at radius 2 is 1.71 bits per heavy atom. The van der Waals surface area contributed by atoms with Crippen LogP contribution in [0, 0.1) is 5.92 Å². The van der Waals surface area contributed by atoms with Gasteiger partial charge in [-0.05, 0) is 18.8 Å². The third-order valence-electron chi connectivity index (χ3n) is 3.75. The van der Waals surface area contributed by atoms with Crippen LogP contribution in [0.5, 0.6) is 0 Å². The van der Waals surface area contributed by atoms with Crippen molar-refractivity contribution in [2.45, 2.75) is 62.8 Å². The van der Waals surface area contributed by atoms with E-state index in [1.807, 2.05) is 0 Å². The molecule has 2 rings (SSSR count). The Labute approximate surface area is 84.0 Å². The second kappa shape index (κ2) is 3.44. The maximum atomic E-state index is 12.7. The highest BCUT2D eigenvalue weighted by Gasteiger charge is 2.53. The van der Waals surface area contributed by atoms with Gasteiger partial charge in [-0.1, -0.05) is 25.7 Å². The summed E-state index contributed by atoms with van der Waals surface area (Å²) in [5.41, 5.74) is 5.34. The van der Waals surface area contributed by atoms with Gasteiger partial charge in [0.05, 0.1) is 0 Å². The third kappa shape index (κ3) is 2.25. The number of nitrogens with two attached hydrogens (primary N) is 1. The molecule has 14 heavy (non-hydrogen) atoms. The second-order valence-electron chi connectivity index (χ2n) is 5.26. The van der Waals surface area contributed by atoms with Crippen LogP contribution in [0.15, 0.2) is 0 Å². The van der Waals surface area contributed by atoms with E-state index in [-0.39, 0.29) is 12.8 Å². The van der Waals surface area contributed by atoms with Gasteiger partial charge in [-0.25, -0.2) is 8.78 Å². The molecule has 0 radical (unpaired) electrons. The van der Waals surface area contributed by atoms with E-state index in [9.17, 15) is 8.78 Å². The third-order valence-corrected chi connectivity index (χ3v) is 3.75. The van der Waals surface area contributed by atoms with Crippen LogP contribution in [0.4, 0.5) is 8.78 Å². The van der Waals surface area contributed by atoms with Crippen molar-refractivity contribution in [2.24, 2.45) is 11.7 Å². The molecule has 2 N–H and O–H groups in total. The molecule has 82 valence electrons. The molecule has 0 aromatic carbocycles. The molecule has 2 aliphatic rings. The number of alkyl halides is 2. The SMILES string of the molecule is NC1(CCC2CCCC2)CC(F)(F)C1. The van der Waals surface area contributed by atoms with E-state index < -0.39 is 11.5 Å². The van der Waals surface area contributed by atoms with E-state index in [0.29, 0.717) is 0 Å². The maximum absolute atomic E-state index is 12.7. The molecular formula is C11H19F2N. The van der Waals surface area contributed by atoms with Crippen LogP contribution in [-0.4, -0.2) is 11.5 Å². The highest BCUT2D eigenvalue weighted by molar-refractivity contribution is 5.03. The van der Waals surface area contributed by atoms with Gasteiger partial charge in [0.2, 0.25) is 0 Å². The molecular weight excluding hydrogens is 184 g/mol. The summed E-state index contributed by atoms with van der Waals surface area (Å²) in [4.78, 5) is 0. The smallest absolute Gasteiger partial charge is 0.251 e. The fraction of sp³-hybridized carbons (Fsp3) is 1.00. The van der Waals surface area contributed by atoms with Crippen LogP contribution in [0.1, 0.15) is 51.4 Å². The van der Waals surface area contributed by atoms with E-state index in [1.54, 1.807) is 0 Å². The van der Waals surface area contributed by atoms with Gasteiger partial charge >= 0.3 is 0 Å². The molecule has 0 unspecified atom stereocenters. The number of hydrogen-bond acceptors (Lipinski definition) is 1. The van der Waals surface area contributed by atoms with Crippen molar-refractivity contribution in [2.75, 3.05) is 0 Å². The van der Waals surface area contributed by atoms with E-state index in [0.717, 1.165) is 18.8 Å². The summed E-state index contributed by atoms with van der Waals surface area (Å²) < 4.78 is 25.3. The number of rotatable bonds is 3. The van der Waals surface area contributed by atoms with E-state index in [2.05, 4.69) is 0 Å². The number of hydrogen-bond donors (Lipinski definition) is 1. The molecule has 0 aromatic heterocycles. The second-order valence-corrected chi connectivity index (χ2v) is 5.26. The van der Waals surface area contributed by atoms with Gasteiger partial charge in [0.25, 0.3) is 5.92 Å². The lowest BCUT2D eigenvalue weighted by Crippen LogP contribution is -2.58. The molecule has 1 nitrogen and oxygen atoms in total. The Bertz CT molecular complexity index is 201. The first-order chi connectivity index (χ1) is 6.49. The first-order valence-electron chi connectivity index (χ1n) is 5.66. The maximum Gasteiger partial charge on any atom is 0.251 e. The average Bonchev–Trinajstić information content (AvgIpc) is 2.48. The molecule has 0 amide bonds. The normalized spacial score (nSPS) is 30.2. The summed E-state index contributed by atoms with van der Waals surface area (Å²) in [5, 5.41) is 0. The zero-order chi connectivity index (χ0) is 10.2. The minimum Gasteiger partial charge on any atom is -0.325 e. The molecule has 0 spiro atoms. The fourth-order valence-corrected chi connectivity index (χ4v) is 2.95. The standard InChI is InChI=1S/C11H19F2N/c12-11(13)7-10(14,8-11)6-5-9-3-1-2-4-9/h9H,1-8,14H2. The van der Waals surface area contributed by atoms with Gasteiger partial charge in [-0.3, -0.25) is 0 Å². The summed E-state index contributed by atoms with van der Waals surface area (Å²) in [6.45, 7) is 0. The first kappa shape index (κ1) is 10.3. The molecule has 2 saturated carbocycles. The number of halogens is 2. The summed E-state index contributed by atoms with van der Waals surface area (Å²) in [5.74, 6) is -1.70. The monoisotopic (exact) mass is 203 g/mol. The summed E-state index contributed by atoms with van der Waals surface area (Å²) in [7, 11) is 0. The molecule has 2 aliphatic carbocycles. The summed E-state index contributed by atoms with van der Waals surface area (Å²) >= 11 is 0. The largest absolute Gasteiger partial charge is 0.325 e. The average molecular weight is 203 g/mol. The molecule has 0 aromatic rings. The van der Waals surface area contributed by atoms with E-state index >= 15 is 0 Å². The van der Waals surface area contributed by atoms with Crippen molar-refractivity contribution < 1.29 is 8.78 Å². The Hall–Kier alpha value is -0.180. The summed E-state index contributed by atoms with van der Waals surface area (Å²) in [6, 6.07) is 0. The quantitative estimate of drug-likeness (QED) is 0.749. The van der Waals surface area contributed by atoms with Gasteiger partial charge in [0.1, 0.15) is 0 Å². The summed E-state index contributed by atoms with van der Waals surface area (Å²) in [6.07, 6.45) is 6.88. The highest BCUT2D eigenvalue weighted by atomic mass is 19.3. The van der Waals surface area contributed by atoms with E-state index in [4.69, 9.17) is 5.73 Å². The predicted molar refractivity (Wildman–Crippen MR) is 52.3 cm³/mol. The van der Waals surface area contributed by atoms with Crippen LogP contribution < -0.4 is 5.73 Å². The molecule has 3 heteroatoms. The first-order valence-corrected chi connectivity index (χ1v) is 5.66. The molecule has 0 saturated heterocycles.